The highest BCUT2D eigenvalue weighted by Crippen LogP contribution is 2.47. The van der Waals surface area contributed by atoms with Gasteiger partial charge in [0.25, 0.3) is 0 Å². The number of piperidine rings is 1. The second-order valence-corrected chi connectivity index (χ2v) is 9.12. The number of rotatable bonds is 1. The molecule has 2 aliphatic heterocycles. The third-order valence-electron chi connectivity index (χ3n) is 5.89. The van der Waals surface area contributed by atoms with Crippen molar-refractivity contribution < 1.29 is 5.11 Å². The SMILES string of the molecule is OC1=CCC2=C(C(Br)=C1)C(C1CCNCC1)C1NC=C(Br)C=C1CC2. The lowest BCUT2D eigenvalue weighted by Crippen LogP contribution is -2.44. The summed E-state index contributed by atoms with van der Waals surface area (Å²) in [6, 6.07) is 0.345. The largest absolute Gasteiger partial charge is 0.508 e. The molecular formula is C20H24Br2N2O. The normalized spacial score (nSPS) is 30.6. The van der Waals surface area contributed by atoms with Gasteiger partial charge in [0.1, 0.15) is 5.76 Å². The molecule has 4 rings (SSSR count). The Labute approximate surface area is 166 Å². The van der Waals surface area contributed by atoms with Crippen molar-refractivity contribution in [2.45, 2.75) is 38.1 Å². The highest BCUT2D eigenvalue weighted by Gasteiger charge is 2.39. The van der Waals surface area contributed by atoms with Gasteiger partial charge in [-0.05, 0) is 96.4 Å². The molecule has 0 amide bonds. The molecule has 3 nitrogen and oxygen atoms in total. The van der Waals surface area contributed by atoms with Gasteiger partial charge in [0.05, 0.1) is 6.04 Å². The zero-order chi connectivity index (χ0) is 17.4. The summed E-state index contributed by atoms with van der Waals surface area (Å²) in [5.74, 6) is 1.46. The predicted molar refractivity (Wildman–Crippen MR) is 110 cm³/mol. The summed E-state index contributed by atoms with van der Waals surface area (Å²) < 4.78 is 2.20. The lowest BCUT2D eigenvalue weighted by Gasteiger charge is -2.39. The molecule has 1 fully saturated rings. The van der Waals surface area contributed by atoms with Crippen LogP contribution in [0.2, 0.25) is 0 Å². The van der Waals surface area contributed by atoms with E-state index in [1.54, 1.807) is 0 Å². The minimum atomic E-state index is 0.345. The Morgan fingerprint density at radius 3 is 2.68 bits per heavy atom. The van der Waals surface area contributed by atoms with Crippen LogP contribution in [0.4, 0.5) is 0 Å². The van der Waals surface area contributed by atoms with E-state index in [4.69, 9.17) is 0 Å². The van der Waals surface area contributed by atoms with Crippen LogP contribution in [0.15, 0.2) is 55.9 Å². The Morgan fingerprint density at radius 1 is 1.08 bits per heavy atom. The lowest BCUT2D eigenvalue weighted by molar-refractivity contribution is 0.259. The number of allylic oxidation sites excluding steroid dienone is 6. The number of aliphatic hydroxyl groups excluding tert-OH is 1. The molecule has 4 aliphatic rings. The average Bonchev–Trinajstić information content (AvgIpc) is 2.85. The van der Waals surface area contributed by atoms with Gasteiger partial charge >= 0.3 is 0 Å². The number of halogens is 2. The molecule has 0 bridgehead atoms. The molecule has 0 aromatic carbocycles. The van der Waals surface area contributed by atoms with Crippen molar-refractivity contribution in [3.8, 4) is 0 Å². The smallest absolute Gasteiger partial charge is 0.113 e. The number of fused-ring (bicyclic) bond motifs is 1. The average molecular weight is 468 g/mol. The molecule has 2 unspecified atom stereocenters. The fourth-order valence-corrected chi connectivity index (χ4v) is 5.93. The van der Waals surface area contributed by atoms with Gasteiger partial charge in [-0.15, -0.1) is 0 Å². The number of aliphatic hydroxyl groups is 1. The number of dihydropyridines is 1. The van der Waals surface area contributed by atoms with Crippen LogP contribution in [-0.4, -0.2) is 24.2 Å². The van der Waals surface area contributed by atoms with E-state index in [0.717, 1.165) is 41.3 Å². The van der Waals surface area contributed by atoms with Gasteiger partial charge in [0.15, 0.2) is 0 Å². The van der Waals surface area contributed by atoms with Crippen LogP contribution in [0, 0.1) is 11.8 Å². The molecular weight excluding hydrogens is 444 g/mol. The maximum absolute atomic E-state index is 10.1. The van der Waals surface area contributed by atoms with Crippen LogP contribution in [0.1, 0.15) is 32.1 Å². The van der Waals surface area contributed by atoms with Crippen molar-refractivity contribution in [3.05, 3.63) is 55.9 Å². The van der Waals surface area contributed by atoms with Crippen LogP contribution >= 0.6 is 31.9 Å². The van der Waals surface area contributed by atoms with Crippen LogP contribution in [0.3, 0.4) is 0 Å². The molecule has 5 heteroatoms. The second-order valence-electron chi connectivity index (χ2n) is 7.35. The molecule has 25 heavy (non-hydrogen) atoms. The topological polar surface area (TPSA) is 44.3 Å². The fourth-order valence-electron chi connectivity index (χ4n) is 4.72. The van der Waals surface area contributed by atoms with Gasteiger partial charge in [0.2, 0.25) is 0 Å². The van der Waals surface area contributed by atoms with E-state index in [2.05, 4.69) is 54.8 Å². The maximum atomic E-state index is 10.1. The molecule has 134 valence electrons. The Kier molecular flexibility index (Phi) is 5.25. The van der Waals surface area contributed by atoms with E-state index in [1.807, 2.05) is 12.2 Å². The minimum Gasteiger partial charge on any atom is -0.508 e. The predicted octanol–water partition coefficient (Wildman–Crippen LogP) is 4.95. The van der Waals surface area contributed by atoms with Gasteiger partial charge in [0, 0.05) is 21.1 Å². The highest BCUT2D eigenvalue weighted by molar-refractivity contribution is 9.12. The number of hydrogen-bond donors (Lipinski definition) is 3. The molecule has 0 aromatic rings. The van der Waals surface area contributed by atoms with Crippen molar-refractivity contribution in [2.75, 3.05) is 13.1 Å². The molecule has 0 aromatic heterocycles. The van der Waals surface area contributed by atoms with Crippen LogP contribution in [0.5, 0.6) is 0 Å². The van der Waals surface area contributed by atoms with E-state index in [1.165, 1.54) is 29.6 Å². The van der Waals surface area contributed by atoms with Gasteiger partial charge in [-0.1, -0.05) is 21.5 Å². The summed E-state index contributed by atoms with van der Waals surface area (Å²) >= 11 is 7.44. The van der Waals surface area contributed by atoms with Crippen molar-refractivity contribution in [2.24, 2.45) is 11.8 Å². The first-order chi connectivity index (χ1) is 12.1. The Morgan fingerprint density at radius 2 is 1.88 bits per heavy atom. The first-order valence-corrected chi connectivity index (χ1v) is 10.7. The third-order valence-corrected chi connectivity index (χ3v) is 7.01. The van der Waals surface area contributed by atoms with Crippen molar-refractivity contribution in [1.29, 1.82) is 0 Å². The summed E-state index contributed by atoms with van der Waals surface area (Å²) in [5.41, 5.74) is 4.41. The van der Waals surface area contributed by atoms with E-state index in [-0.39, 0.29) is 0 Å². The molecule has 1 saturated heterocycles. The van der Waals surface area contributed by atoms with Gasteiger partial charge in [-0.2, -0.15) is 0 Å². The molecule has 3 N–H and O–H groups in total. The van der Waals surface area contributed by atoms with Crippen LogP contribution in [0.25, 0.3) is 0 Å². The first-order valence-electron chi connectivity index (χ1n) is 9.15. The van der Waals surface area contributed by atoms with Crippen molar-refractivity contribution in [3.63, 3.8) is 0 Å². The summed E-state index contributed by atoms with van der Waals surface area (Å²) in [6.07, 6.45) is 13.7. The third kappa shape index (κ3) is 3.56. The second kappa shape index (κ2) is 7.45. The Hall–Kier alpha value is -0.780. The Balaban J connectivity index is 1.79. The van der Waals surface area contributed by atoms with Crippen LogP contribution in [-0.2, 0) is 0 Å². The summed E-state index contributed by atoms with van der Waals surface area (Å²) in [6.45, 7) is 2.19. The van der Waals surface area contributed by atoms with E-state index < -0.39 is 0 Å². The zero-order valence-electron chi connectivity index (χ0n) is 14.2. The Bertz CT molecular complexity index is 711. The minimum absolute atomic E-state index is 0.345. The zero-order valence-corrected chi connectivity index (χ0v) is 17.4. The van der Waals surface area contributed by atoms with Gasteiger partial charge in [-0.3, -0.25) is 0 Å². The van der Waals surface area contributed by atoms with E-state index >= 15 is 0 Å². The maximum Gasteiger partial charge on any atom is 0.113 e. The fraction of sp³-hybridized carbons (Fsp3) is 0.500. The monoisotopic (exact) mass is 466 g/mol. The molecule has 0 saturated carbocycles. The summed E-state index contributed by atoms with van der Waals surface area (Å²) in [7, 11) is 0. The molecule has 2 aliphatic carbocycles. The summed E-state index contributed by atoms with van der Waals surface area (Å²) in [5, 5.41) is 17.3. The van der Waals surface area contributed by atoms with Crippen molar-refractivity contribution in [1.82, 2.24) is 10.6 Å². The molecule has 0 spiro atoms. The molecule has 2 atom stereocenters. The quantitative estimate of drug-likeness (QED) is 0.511. The highest BCUT2D eigenvalue weighted by atomic mass is 79.9. The van der Waals surface area contributed by atoms with Crippen molar-refractivity contribution >= 4 is 31.9 Å². The van der Waals surface area contributed by atoms with Gasteiger partial charge < -0.3 is 15.7 Å². The lowest BCUT2D eigenvalue weighted by atomic mass is 9.73. The number of nitrogens with one attached hydrogen (secondary N) is 2. The molecule has 0 radical (unpaired) electrons. The first kappa shape index (κ1) is 17.6. The van der Waals surface area contributed by atoms with E-state index in [9.17, 15) is 5.11 Å². The molecule has 2 heterocycles. The summed E-state index contributed by atoms with van der Waals surface area (Å²) in [4.78, 5) is 0. The van der Waals surface area contributed by atoms with Crippen LogP contribution < -0.4 is 10.6 Å². The van der Waals surface area contributed by atoms with E-state index in [0.29, 0.717) is 23.6 Å². The number of hydrogen-bond acceptors (Lipinski definition) is 3. The van der Waals surface area contributed by atoms with Gasteiger partial charge in [-0.25, -0.2) is 0 Å². The standard InChI is InChI=1S/C20H24Br2N2O/c21-15-9-14-2-1-12-3-4-16(25)10-17(22)18(12)19(20(14)24-11-15)13-5-7-23-8-6-13/h4,9-11,13,19-20,23-25H,1-3,5-8H2.